The molecule has 0 aliphatic heterocycles. The fraction of sp³-hybridized carbons (Fsp3) is 0.333. The molecule has 0 amide bonds. The summed E-state index contributed by atoms with van der Waals surface area (Å²) in [6.45, 7) is 13.6. The number of benzene rings is 2. The zero-order valence-corrected chi connectivity index (χ0v) is 17.0. The van der Waals surface area contributed by atoms with Gasteiger partial charge in [0.25, 0.3) is 0 Å². The van der Waals surface area contributed by atoms with Crippen LogP contribution in [-0.4, -0.2) is 23.3 Å². The second-order valence-electron chi connectivity index (χ2n) is 8.63. The molecule has 0 aliphatic carbocycles. The second kappa shape index (κ2) is 6.26. The summed E-state index contributed by atoms with van der Waals surface area (Å²) in [5.74, 6) is 0.794. The molecule has 3 nitrogen and oxygen atoms in total. The molecule has 3 rings (SSSR count). The predicted octanol–water partition coefficient (Wildman–Crippen LogP) is 4.98. The Morgan fingerprint density at radius 3 is 2.12 bits per heavy atom. The summed E-state index contributed by atoms with van der Waals surface area (Å²) in [4.78, 5) is 4.77. The molecule has 25 heavy (non-hydrogen) atoms. The molecular formula is C21H27N3Si. The summed E-state index contributed by atoms with van der Waals surface area (Å²) < 4.78 is 0. The van der Waals surface area contributed by atoms with Crippen LogP contribution in [-0.2, 0) is 5.41 Å². The van der Waals surface area contributed by atoms with Crippen molar-refractivity contribution in [2.45, 2.75) is 45.8 Å². The summed E-state index contributed by atoms with van der Waals surface area (Å²) in [6, 6.07) is 17.2. The van der Waals surface area contributed by atoms with Crippen molar-refractivity contribution < 1.29 is 0 Å². The molecular weight excluding hydrogens is 322 g/mol. The molecule has 0 saturated carbocycles. The zero-order valence-electron chi connectivity index (χ0n) is 16.0. The average Bonchev–Trinajstić information content (AvgIpc) is 3.04. The van der Waals surface area contributed by atoms with Crippen LogP contribution < -0.4 is 5.45 Å². The quantitative estimate of drug-likeness (QED) is 0.677. The minimum Gasteiger partial charge on any atom is -0.267 e. The Balaban J connectivity index is 2.11. The molecule has 0 atom stereocenters. The molecule has 0 saturated heterocycles. The van der Waals surface area contributed by atoms with E-state index in [1.807, 2.05) is 0 Å². The molecule has 0 unspecified atom stereocenters. The van der Waals surface area contributed by atoms with E-state index in [1.54, 1.807) is 0 Å². The van der Waals surface area contributed by atoms with E-state index in [1.165, 1.54) is 16.7 Å². The van der Waals surface area contributed by atoms with Gasteiger partial charge in [-0.25, -0.2) is 4.98 Å². The Morgan fingerprint density at radius 1 is 0.880 bits per heavy atom. The van der Waals surface area contributed by atoms with Crippen LogP contribution in [0.3, 0.4) is 0 Å². The molecule has 0 bridgehead atoms. The minimum atomic E-state index is -1.49. The van der Waals surface area contributed by atoms with Crippen LogP contribution in [0.2, 0.25) is 19.6 Å². The number of nitrogens with one attached hydrogen (secondary N) is 1. The van der Waals surface area contributed by atoms with E-state index in [2.05, 4.69) is 99.1 Å². The van der Waals surface area contributed by atoms with Gasteiger partial charge in [0.1, 0.15) is 13.5 Å². The van der Waals surface area contributed by atoms with Crippen molar-refractivity contribution in [1.29, 1.82) is 0 Å². The lowest BCUT2D eigenvalue weighted by Gasteiger charge is -2.24. The van der Waals surface area contributed by atoms with Crippen LogP contribution in [0.5, 0.6) is 0 Å². The molecule has 1 aromatic heterocycles. The van der Waals surface area contributed by atoms with Crippen molar-refractivity contribution in [2.24, 2.45) is 0 Å². The van der Waals surface area contributed by atoms with E-state index in [0.717, 1.165) is 16.8 Å². The third-order valence-electron chi connectivity index (χ3n) is 4.37. The van der Waals surface area contributed by atoms with Crippen LogP contribution in [0.1, 0.15) is 26.3 Å². The monoisotopic (exact) mass is 349 g/mol. The van der Waals surface area contributed by atoms with Crippen LogP contribution in [0.4, 0.5) is 0 Å². The Hall–Kier alpha value is -2.20. The van der Waals surface area contributed by atoms with E-state index < -0.39 is 8.07 Å². The number of aromatic nitrogens is 3. The van der Waals surface area contributed by atoms with Crippen LogP contribution >= 0.6 is 0 Å². The van der Waals surface area contributed by atoms with E-state index in [-0.39, 0.29) is 5.41 Å². The van der Waals surface area contributed by atoms with Gasteiger partial charge >= 0.3 is 0 Å². The molecule has 2 aromatic carbocycles. The second-order valence-corrected chi connectivity index (χ2v) is 13.6. The molecule has 1 N–H and O–H groups in total. The van der Waals surface area contributed by atoms with Crippen molar-refractivity contribution in [2.75, 3.05) is 0 Å². The van der Waals surface area contributed by atoms with E-state index in [9.17, 15) is 0 Å². The van der Waals surface area contributed by atoms with Gasteiger partial charge < -0.3 is 0 Å². The average molecular weight is 350 g/mol. The number of hydrogen-bond acceptors (Lipinski definition) is 2. The number of aromatic amines is 1. The van der Waals surface area contributed by atoms with Gasteiger partial charge in [0.15, 0.2) is 5.82 Å². The third kappa shape index (κ3) is 3.74. The van der Waals surface area contributed by atoms with Gasteiger partial charge in [0.2, 0.25) is 0 Å². The first-order chi connectivity index (χ1) is 11.7. The van der Waals surface area contributed by atoms with Crippen molar-refractivity contribution in [3.05, 3.63) is 54.1 Å². The molecule has 3 aromatic rings. The lowest BCUT2D eigenvalue weighted by atomic mass is 9.81. The molecule has 0 fully saturated rings. The van der Waals surface area contributed by atoms with Crippen LogP contribution in [0.15, 0.2) is 48.5 Å². The minimum absolute atomic E-state index is 0.0408. The first-order valence-corrected chi connectivity index (χ1v) is 12.3. The predicted molar refractivity (Wildman–Crippen MR) is 109 cm³/mol. The number of hydrogen-bond donors (Lipinski definition) is 1. The Labute approximate surface area is 151 Å². The molecule has 130 valence electrons. The van der Waals surface area contributed by atoms with Crippen molar-refractivity contribution in [3.63, 3.8) is 0 Å². The number of H-pyrrole nitrogens is 1. The molecule has 0 spiro atoms. The topological polar surface area (TPSA) is 41.6 Å². The molecule has 0 radical (unpaired) electrons. The lowest BCUT2D eigenvalue weighted by molar-refractivity contribution is 0.592. The van der Waals surface area contributed by atoms with Gasteiger partial charge in [-0.05, 0) is 28.2 Å². The maximum absolute atomic E-state index is 4.77. The SMILES string of the molecule is CC(C)(C)c1cc(-c2n[nH]c([Si](C)(C)C)n2)ccc1-c1ccccc1. The van der Waals surface area contributed by atoms with Gasteiger partial charge in [-0.2, -0.15) is 5.10 Å². The summed E-state index contributed by atoms with van der Waals surface area (Å²) in [5.41, 5.74) is 6.00. The number of rotatable bonds is 3. The van der Waals surface area contributed by atoms with Crippen LogP contribution in [0, 0.1) is 0 Å². The lowest BCUT2D eigenvalue weighted by Crippen LogP contribution is -2.40. The third-order valence-corrected chi connectivity index (χ3v) is 6.01. The van der Waals surface area contributed by atoms with Crippen LogP contribution in [0.25, 0.3) is 22.5 Å². The first kappa shape index (κ1) is 17.6. The highest BCUT2D eigenvalue weighted by atomic mass is 28.3. The highest BCUT2D eigenvalue weighted by Crippen LogP contribution is 2.35. The molecule has 4 heteroatoms. The van der Waals surface area contributed by atoms with E-state index in [4.69, 9.17) is 4.98 Å². The van der Waals surface area contributed by atoms with Crippen molar-refractivity contribution >= 4 is 13.5 Å². The smallest absolute Gasteiger partial charge is 0.180 e. The van der Waals surface area contributed by atoms with Gasteiger partial charge in [0, 0.05) is 5.56 Å². The van der Waals surface area contributed by atoms with Crippen molar-refractivity contribution in [1.82, 2.24) is 15.2 Å². The van der Waals surface area contributed by atoms with Gasteiger partial charge in [-0.15, -0.1) is 0 Å². The molecule has 1 heterocycles. The van der Waals surface area contributed by atoms with Gasteiger partial charge in [-0.3, -0.25) is 5.10 Å². The van der Waals surface area contributed by atoms with E-state index in [0.29, 0.717) is 0 Å². The standard InChI is InChI=1S/C21H27N3Si/c1-21(2,3)18-14-16(19-22-20(24-23-19)25(4,5)6)12-13-17(18)15-10-8-7-9-11-15/h7-14H,1-6H3,(H,22,23,24). The Bertz CT molecular complexity index is 868. The zero-order chi connectivity index (χ0) is 18.2. The maximum Gasteiger partial charge on any atom is 0.180 e. The molecule has 0 aliphatic rings. The summed E-state index contributed by atoms with van der Waals surface area (Å²) >= 11 is 0. The normalized spacial score (nSPS) is 12.4. The first-order valence-electron chi connectivity index (χ1n) is 8.79. The summed E-state index contributed by atoms with van der Waals surface area (Å²) in [7, 11) is -1.49. The summed E-state index contributed by atoms with van der Waals surface area (Å²) in [5, 5.41) is 7.63. The Kier molecular flexibility index (Phi) is 4.41. The maximum atomic E-state index is 4.77. The Morgan fingerprint density at radius 2 is 1.56 bits per heavy atom. The largest absolute Gasteiger partial charge is 0.267 e. The fourth-order valence-corrected chi connectivity index (χ4v) is 3.73. The van der Waals surface area contributed by atoms with Gasteiger partial charge in [0.05, 0.1) is 0 Å². The van der Waals surface area contributed by atoms with Crippen molar-refractivity contribution in [3.8, 4) is 22.5 Å². The van der Waals surface area contributed by atoms with Gasteiger partial charge in [-0.1, -0.05) is 82.9 Å². The van der Waals surface area contributed by atoms with E-state index >= 15 is 0 Å². The highest BCUT2D eigenvalue weighted by Gasteiger charge is 2.23. The number of nitrogens with zero attached hydrogens (tertiary/aromatic N) is 2. The fourth-order valence-electron chi connectivity index (χ4n) is 2.90. The summed E-state index contributed by atoms with van der Waals surface area (Å²) in [6.07, 6.45) is 0. The highest BCUT2D eigenvalue weighted by molar-refractivity contribution is 6.87.